The van der Waals surface area contributed by atoms with Crippen molar-refractivity contribution in [2.75, 3.05) is 24.6 Å². The molecular weight excluding hydrogens is 306 g/mol. The van der Waals surface area contributed by atoms with Gasteiger partial charge in [0.05, 0.1) is 5.39 Å². The molecule has 116 valence electrons. The van der Waals surface area contributed by atoms with Crippen LogP contribution >= 0.6 is 11.3 Å². The first kappa shape index (κ1) is 13.5. The quantitative estimate of drug-likeness (QED) is 0.805. The number of nitrogens with zero attached hydrogens (tertiary/aromatic N) is 3. The minimum absolute atomic E-state index is 0.329. The second kappa shape index (κ2) is 5.01. The maximum atomic E-state index is 9.36. The summed E-state index contributed by atoms with van der Waals surface area (Å²) < 4.78 is 0. The van der Waals surface area contributed by atoms with Crippen LogP contribution in [0.4, 0.5) is 5.82 Å². The Labute approximate surface area is 138 Å². The Hall–Kier alpha value is -1.98. The lowest BCUT2D eigenvalue weighted by atomic mass is 10.1. The molecule has 1 aliphatic carbocycles. The lowest BCUT2D eigenvalue weighted by Crippen LogP contribution is -2.25. The van der Waals surface area contributed by atoms with Crippen LogP contribution in [0.2, 0.25) is 0 Å². The summed E-state index contributed by atoms with van der Waals surface area (Å²) in [7, 11) is 0. The number of aliphatic hydroxyl groups is 1. The van der Waals surface area contributed by atoms with Crippen molar-refractivity contribution < 1.29 is 5.11 Å². The maximum Gasteiger partial charge on any atom is 0.141 e. The summed E-state index contributed by atoms with van der Waals surface area (Å²) in [5, 5.41) is 12.7. The Bertz CT molecular complexity index is 851. The second-order valence-corrected chi connectivity index (χ2v) is 7.33. The van der Waals surface area contributed by atoms with E-state index in [-0.39, 0.29) is 0 Å². The molecule has 2 unspecified atom stereocenters. The van der Waals surface area contributed by atoms with Crippen molar-refractivity contribution in [3.8, 4) is 11.1 Å². The predicted molar refractivity (Wildman–Crippen MR) is 92.6 cm³/mol. The first-order chi connectivity index (χ1) is 11.4. The van der Waals surface area contributed by atoms with Gasteiger partial charge >= 0.3 is 0 Å². The summed E-state index contributed by atoms with van der Waals surface area (Å²) in [4.78, 5) is 12.5. The molecule has 2 atom stereocenters. The van der Waals surface area contributed by atoms with Crippen LogP contribution in [0.3, 0.4) is 0 Å². The fraction of sp³-hybridized carbons (Fsp3) is 0.333. The van der Waals surface area contributed by atoms with E-state index in [1.54, 1.807) is 17.7 Å². The molecule has 5 rings (SSSR count). The van der Waals surface area contributed by atoms with E-state index in [2.05, 4.69) is 44.5 Å². The Morgan fingerprint density at radius 2 is 1.91 bits per heavy atom. The number of hydrogen-bond donors (Lipinski definition) is 1. The lowest BCUT2D eigenvalue weighted by Gasteiger charge is -2.21. The van der Waals surface area contributed by atoms with Crippen LogP contribution in [0.5, 0.6) is 0 Å². The molecule has 1 saturated carbocycles. The number of anilines is 1. The minimum atomic E-state index is 0.329. The predicted octanol–water partition coefficient (Wildman–Crippen LogP) is 3.03. The van der Waals surface area contributed by atoms with Gasteiger partial charge in [0.15, 0.2) is 0 Å². The molecule has 2 aliphatic rings. The van der Waals surface area contributed by atoms with Crippen LogP contribution in [0, 0.1) is 17.8 Å². The van der Waals surface area contributed by atoms with Gasteiger partial charge in [0.1, 0.15) is 17.0 Å². The molecular formula is C18H17N3OS. The van der Waals surface area contributed by atoms with Crippen molar-refractivity contribution in [3.63, 3.8) is 0 Å². The van der Waals surface area contributed by atoms with Crippen molar-refractivity contribution in [3.05, 3.63) is 42.0 Å². The molecule has 2 aromatic heterocycles. The third-order valence-electron chi connectivity index (χ3n) is 5.32. The molecule has 2 fully saturated rings. The SMILES string of the molecule is OCC1C2CN(c3ncnc4scc(-c5ccccc5)c34)CC12. The largest absolute Gasteiger partial charge is 0.396 e. The van der Waals surface area contributed by atoms with Crippen molar-refractivity contribution in [2.24, 2.45) is 17.8 Å². The van der Waals surface area contributed by atoms with Gasteiger partial charge in [-0.15, -0.1) is 11.3 Å². The molecule has 1 aromatic carbocycles. The van der Waals surface area contributed by atoms with Gasteiger partial charge in [-0.1, -0.05) is 30.3 Å². The summed E-state index contributed by atoms with van der Waals surface area (Å²) in [6.45, 7) is 2.34. The summed E-state index contributed by atoms with van der Waals surface area (Å²) in [5.74, 6) is 2.85. The number of hydrogen-bond acceptors (Lipinski definition) is 5. The third-order valence-corrected chi connectivity index (χ3v) is 6.20. The van der Waals surface area contributed by atoms with Crippen LogP contribution in [-0.4, -0.2) is 34.8 Å². The zero-order valence-electron chi connectivity index (χ0n) is 12.6. The van der Waals surface area contributed by atoms with Gasteiger partial charge in [0, 0.05) is 30.6 Å². The number of fused-ring (bicyclic) bond motifs is 2. The Morgan fingerprint density at radius 1 is 1.13 bits per heavy atom. The van der Waals surface area contributed by atoms with Gasteiger partial charge in [0.25, 0.3) is 0 Å². The highest BCUT2D eigenvalue weighted by Crippen LogP contribution is 2.53. The van der Waals surface area contributed by atoms with Crippen LogP contribution in [0.1, 0.15) is 0 Å². The highest BCUT2D eigenvalue weighted by molar-refractivity contribution is 7.17. The molecule has 0 amide bonds. The molecule has 1 N–H and O–H groups in total. The van der Waals surface area contributed by atoms with E-state index in [1.165, 1.54) is 16.5 Å². The highest BCUT2D eigenvalue weighted by atomic mass is 32.1. The van der Waals surface area contributed by atoms with Gasteiger partial charge in [-0.3, -0.25) is 0 Å². The summed E-state index contributed by atoms with van der Waals surface area (Å²) in [6.07, 6.45) is 1.68. The van der Waals surface area contributed by atoms with Crippen molar-refractivity contribution in [2.45, 2.75) is 0 Å². The first-order valence-corrected chi connectivity index (χ1v) is 8.88. The van der Waals surface area contributed by atoms with E-state index >= 15 is 0 Å². The standard InChI is InChI=1S/C18H17N3OS/c22-8-14-12-6-21(7-13(12)14)17-16-15(11-4-2-1-3-5-11)9-23-18(16)20-10-19-17/h1-5,9-10,12-14,22H,6-8H2. The van der Waals surface area contributed by atoms with Crippen LogP contribution in [-0.2, 0) is 0 Å². The van der Waals surface area contributed by atoms with Crippen molar-refractivity contribution in [1.29, 1.82) is 0 Å². The molecule has 0 radical (unpaired) electrons. The number of benzene rings is 1. The Kier molecular flexibility index (Phi) is 2.93. The number of thiophene rings is 1. The van der Waals surface area contributed by atoms with Gasteiger partial charge in [-0.25, -0.2) is 9.97 Å². The van der Waals surface area contributed by atoms with E-state index in [1.807, 2.05) is 6.07 Å². The average Bonchev–Trinajstić information content (AvgIpc) is 2.95. The number of aromatic nitrogens is 2. The van der Waals surface area contributed by atoms with Gasteiger partial charge < -0.3 is 10.0 Å². The van der Waals surface area contributed by atoms with Crippen LogP contribution in [0.15, 0.2) is 42.0 Å². The normalized spacial score (nSPS) is 25.8. The summed E-state index contributed by atoms with van der Waals surface area (Å²) in [6, 6.07) is 10.5. The Balaban J connectivity index is 1.59. The highest BCUT2D eigenvalue weighted by Gasteiger charge is 2.55. The zero-order valence-corrected chi connectivity index (χ0v) is 13.4. The summed E-state index contributed by atoms with van der Waals surface area (Å²) in [5.41, 5.74) is 2.44. The molecule has 3 aromatic rings. The topological polar surface area (TPSA) is 49.2 Å². The third kappa shape index (κ3) is 2.00. The molecule has 4 nitrogen and oxygen atoms in total. The van der Waals surface area contributed by atoms with Gasteiger partial charge in [0.2, 0.25) is 0 Å². The zero-order chi connectivity index (χ0) is 15.4. The fourth-order valence-corrected chi connectivity index (χ4v) is 4.93. The van der Waals surface area contributed by atoms with E-state index in [9.17, 15) is 5.11 Å². The molecule has 1 saturated heterocycles. The van der Waals surface area contributed by atoms with Crippen LogP contribution in [0.25, 0.3) is 21.3 Å². The number of piperidine rings is 1. The fourth-order valence-electron chi connectivity index (χ4n) is 4.02. The number of aliphatic hydroxyl groups excluding tert-OH is 1. The average molecular weight is 323 g/mol. The van der Waals surface area contributed by atoms with Crippen molar-refractivity contribution >= 4 is 27.4 Å². The smallest absolute Gasteiger partial charge is 0.141 e. The molecule has 3 heterocycles. The van der Waals surface area contributed by atoms with Crippen molar-refractivity contribution in [1.82, 2.24) is 9.97 Å². The molecule has 1 aliphatic heterocycles. The molecule has 23 heavy (non-hydrogen) atoms. The van der Waals surface area contributed by atoms with Gasteiger partial charge in [-0.05, 0) is 23.3 Å². The minimum Gasteiger partial charge on any atom is -0.396 e. The monoisotopic (exact) mass is 323 g/mol. The molecule has 0 bridgehead atoms. The van der Waals surface area contributed by atoms with Gasteiger partial charge in [-0.2, -0.15) is 0 Å². The lowest BCUT2D eigenvalue weighted by molar-refractivity contribution is 0.260. The number of rotatable bonds is 3. The van der Waals surface area contributed by atoms with E-state index in [0.717, 1.165) is 23.7 Å². The van der Waals surface area contributed by atoms with E-state index in [0.29, 0.717) is 24.4 Å². The molecule has 0 spiro atoms. The Morgan fingerprint density at radius 3 is 2.65 bits per heavy atom. The first-order valence-electron chi connectivity index (χ1n) is 8.00. The van der Waals surface area contributed by atoms with E-state index in [4.69, 9.17) is 0 Å². The maximum absolute atomic E-state index is 9.36. The van der Waals surface area contributed by atoms with E-state index < -0.39 is 0 Å². The second-order valence-electron chi connectivity index (χ2n) is 6.47. The summed E-state index contributed by atoms with van der Waals surface area (Å²) >= 11 is 1.68. The molecule has 5 heteroatoms. The van der Waals surface area contributed by atoms with Crippen LogP contribution < -0.4 is 4.90 Å².